The van der Waals surface area contributed by atoms with Crippen LogP contribution in [0.4, 0.5) is 0 Å². The fourth-order valence-electron chi connectivity index (χ4n) is 3.89. The lowest BCUT2D eigenvalue weighted by Crippen LogP contribution is -2.42. The van der Waals surface area contributed by atoms with Gasteiger partial charge < -0.3 is 10.1 Å². The molecule has 1 heterocycles. The van der Waals surface area contributed by atoms with E-state index in [1.165, 1.54) is 76.2 Å². The number of hydrogen-bond acceptors (Lipinski definition) is 4. The molecule has 4 nitrogen and oxygen atoms in total. The third kappa shape index (κ3) is 9.74. The Balaban J connectivity index is 1.45. The van der Waals surface area contributed by atoms with Crippen LogP contribution in [0.2, 0.25) is 0 Å². The first kappa shape index (κ1) is 25.1. The van der Waals surface area contributed by atoms with Crippen molar-refractivity contribution in [3.63, 3.8) is 0 Å². The number of carbonyl (C=O) groups is 1. The summed E-state index contributed by atoms with van der Waals surface area (Å²) in [5.74, 6) is 1.82. The van der Waals surface area contributed by atoms with Crippen LogP contribution in [0.3, 0.4) is 0 Å². The smallest absolute Gasteiger partial charge is 0.238 e. The zero-order valence-electron chi connectivity index (χ0n) is 19.1. The Morgan fingerprint density at radius 2 is 1.53 bits per heavy atom. The minimum absolute atomic E-state index is 0.0978. The van der Waals surface area contributed by atoms with E-state index in [1.54, 1.807) is 18.9 Å². The minimum Gasteiger partial charge on any atom is -0.497 e. The predicted octanol–water partition coefficient (Wildman–Crippen LogP) is 6.22. The number of methoxy groups -OCH3 is 1. The van der Waals surface area contributed by atoms with E-state index in [0.717, 1.165) is 24.5 Å². The highest BCUT2D eigenvalue weighted by atomic mass is 32.2. The van der Waals surface area contributed by atoms with Gasteiger partial charge in [0.05, 0.1) is 18.5 Å². The highest BCUT2D eigenvalue weighted by molar-refractivity contribution is 7.99. The molecule has 1 aromatic rings. The summed E-state index contributed by atoms with van der Waals surface area (Å²) in [7, 11) is 1.68. The maximum absolute atomic E-state index is 12.4. The fraction of sp³-hybridized carbons (Fsp3) is 0.720. The summed E-state index contributed by atoms with van der Waals surface area (Å²) in [5.41, 5.74) is 1.19. The van der Waals surface area contributed by atoms with E-state index in [1.807, 2.05) is 12.1 Å². The van der Waals surface area contributed by atoms with Gasteiger partial charge >= 0.3 is 0 Å². The number of benzene rings is 1. The van der Waals surface area contributed by atoms with E-state index in [4.69, 9.17) is 4.74 Å². The summed E-state index contributed by atoms with van der Waals surface area (Å²) in [6.45, 7) is 3.07. The molecule has 2 atom stereocenters. The first-order chi connectivity index (χ1) is 14.7. The van der Waals surface area contributed by atoms with Crippen molar-refractivity contribution in [2.45, 2.75) is 95.4 Å². The fourth-order valence-corrected chi connectivity index (χ4v) is 5.14. The number of carbonyl (C=O) groups excluding carboxylic acids is 1. The molecule has 0 aromatic heterocycles. The number of nitrogens with one attached hydrogen (secondary N) is 2. The second-order valence-electron chi connectivity index (χ2n) is 8.39. The average Bonchev–Trinajstić information content (AvgIpc) is 3.27. The van der Waals surface area contributed by atoms with Crippen LogP contribution >= 0.6 is 11.8 Å². The lowest BCUT2D eigenvalue weighted by atomic mass is 10.1. The normalized spacial score (nSPS) is 18.5. The molecule has 1 aromatic carbocycles. The molecule has 0 spiro atoms. The van der Waals surface area contributed by atoms with Crippen LogP contribution in [-0.4, -0.2) is 31.4 Å². The third-order valence-electron chi connectivity index (χ3n) is 5.85. The Bertz CT molecular complexity index is 579. The minimum atomic E-state index is -0.0978. The molecule has 1 aliphatic rings. The van der Waals surface area contributed by atoms with Gasteiger partial charge in [-0.1, -0.05) is 89.7 Å². The summed E-state index contributed by atoms with van der Waals surface area (Å²) in [6, 6.07) is 7.98. The number of hydrogen-bond donors (Lipinski definition) is 2. The molecule has 5 heteroatoms. The third-order valence-corrected chi connectivity index (χ3v) is 7.11. The van der Waals surface area contributed by atoms with Crippen LogP contribution < -0.4 is 15.4 Å². The topological polar surface area (TPSA) is 50.4 Å². The van der Waals surface area contributed by atoms with Crippen molar-refractivity contribution in [2.24, 2.45) is 0 Å². The Hall–Kier alpha value is -1.20. The lowest BCUT2D eigenvalue weighted by molar-refractivity contribution is -0.122. The molecule has 2 N–H and O–H groups in total. The Kier molecular flexibility index (Phi) is 13.0. The van der Waals surface area contributed by atoms with Gasteiger partial charge in [0.1, 0.15) is 5.75 Å². The molecule has 0 radical (unpaired) electrons. The van der Waals surface area contributed by atoms with Crippen LogP contribution in [0.15, 0.2) is 24.3 Å². The van der Waals surface area contributed by atoms with Crippen molar-refractivity contribution in [3.8, 4) is 5.75 Å². The van der Waals surface area contributed by atoms with Crippen LogP contribution in [0, 0.1) is 0 Å². The molecule has 1 aliphatic heterocycles. The Morgan fingerprint density at radius 3 is 2.10 bits per heavy atom. The highest BCUT2D eigenvalue weighted by Crippen LogP contribution is 2.33. The maximum atomic E-state index is 12.4. The molecule has 2 rings (SSSR count). The summed E-state index contributed by atoms with van der Waals surface area (Å²) >= 11 is 1.79. The number of ether oxygens (including phenoxy) is 1. The molecule has 0 saturated carbocycles. The number of thioether (sulfide) groups is 1. The van der Waals surface area contributed by atoms with Gasteiger partial charge in [-0.3, -0.25) is 10.1 Å². The number of unbranched alkanes of at least 4 members (excludes halogenated alkanes) is 11. The van der Waals surface area contributed by atoms with Gasteiger partial charge in [0.15, 0.2) is 0 Å². The molecular formula is C25H42N2O2S. The summed E-state index contributed by atoms with van der Waals surface area (Å²) in [4.78, 5) is 12.4. The molecular weight excluding hydrogens is 392 g/mol. The van der Waals surface area contributed by atoms with Crippen molar-refractivity contribution in [2.75, 3.05) is 19.4 Å². The van der Waals surface area contributed by atoms with E-state index in [9.17, 15) is 4.79 Å². The monoisotopic (exact) mass is 434 g/mol. The van der Waals surface area contributed by atoms with E-state index < -0.39 is 0 Å². The Morgan fingerprint density at radius 1 is 0.967 bits per heavy atom. The van der Waals surface area contributed by atoms with Gasteiger partial charge in [-0.25, -0.2) is 0 Å². The van der Waals surface area contributed by atoms with Crippen molar-refractivity contribution >= 4 is 17.7 Å². The highest BCUT2D eigenvalue weighted by Gasteiger charge is 2.30. The van der Waals surface area contributed by atoms with Crippen molar-refractivity contribution in [3.05, 3.63) is 29.8 Å². The van der Waals surface area contributed by atoms with Crippen molar-refractivity contribution in [1.29, 1.82) is 0 Å². The molecule has 0 aliphatic carbocycles. The zero-order chi connectivity index (χ0) is 21.4. The molecule has 170 valence electrons. The Labute approximate surface area is 188 Å². The molecule has 1 fully saturated rings. The van der Waals surface area contributed by atoms with Crippen molar-refractivity contribution < 1.29 is 9.53 Å². The zero-order valence-corrected chi connectivity index (χ0v) is 19.9. The van der Waals surface area contributed by atoms with Crippen LogP contribution in [0.1, 0.15) is 94.9 Å². The van der Waals surface area contributed by atoms with Crippen LogP contribution in [0.25, 0.3) is 0 Å². The molecule has 0 bridgehead atoms. The van der Waals surface area contributed by atoms with E-state index in [2.05, 4.69) is 29.7 Å². The summed E-state index contributed by atoms with van der Waals surface area (Å²) < 4.78 is 5.21. The van der Waals surface area contributed by atoms with E-state index in [-0.39, 0.29) is 17.3 Å². The van der Waals surface area contributed by atoms with Gasteiger partial charge in [0.25, 0.3) is 0 Å². The second kappa shape index (κ2) is 15.6. The number of amides is 1. The van der Waals surface area contributed by atoms with Crippen LogP contribution in [0.5, 0.6) is 5.75 Å². The van der Waals surface area contributed by atoms with Crippen molar-refractivity contribution in [1.82, 2.24) is 10.6 Å². The van der Waals surface area contributed by atoms with E-state index >= 15 is 0 Å². The quantitative estimate of drug-likeness (QED) is 0.303. The average molecular weight is 435 g/mol. The standard InChI is InChI=1S/C25H42N2O2S/c1-3-4-5-6-7-8-9-10-11-12-13-14-19-26-24(28)23-20-30-25(27-23)21-15-17-22(29-2)18-16-21/h15-18,23,25,27H,3-14,19-20H2,1-2H3,(H,26,28)/t23-,25?/m1/s1. The van der Waals surface area contributed by atoms with Gasteiger partial charge in [0, 0.05) is 12.3 Å². The first-order valence-corrected chi connectivity index (χ1v) is 13.1. The second-order valence-corrected chi connectivity index (χ2v) is 9.52. The predicted molar refractivity (Wildman–Crippen MR) is 129 cm³/mol. The van der Waals surface area contributed by atoms with Gasteiger partial charge in [0.2, 0.25) is 5.91 Å². The summed E-state index contributed by atoms with van der Waals surface area (Å²) in [5, 5.41) is 6.75. The first-order valence-electron chi connectivity index (χ1n) is 12.0. The van der Waals surface area contributed by atoms with Gasteiger partial charge in [-0.05, 0) is 24.1 Å². The molecule has 30 heavy (non-hydrogen) atoms. The molecule has 1 amide bonds. The van der Waals surface area contributed by atoms with E-state index in [0.29, 0.717) is 0 Å². The summed E-state index contributed by atoms with van der Waals surface area (Å²) in [6.07, 6.45) is 16.1. The SMILES string of the molecule is CCCCCCCCCCCCCCNC(=O)[C@H]1CSC(c2ccc(OC)cc2)N1. The molecule has 1 unspecified atom stereocenters. The number of rotatable bonds is 16. The van der Waals surface area contributed by atoms with Gasteiger partial charge in [-0.2, -0.15) is 0 Å². The van der Waals surface area contributed by atoms with Crippen LogP contribution in [-0.2, 0) is 4.79 Å². The largest absolute Gasteiger partial charge is 0.497 e. The van der Waals surface area contributed by atoms with Gasteiger partial charge in [-0.15, -0.1) is 11.8 Å². The lowest BCUT2D eigenvalue weighted by Gasteiger charge is -2.14. The molecule has 1 saturated heterocycles. The maximum Gasteiger partial charge on any atom is 0.238 e.